The molecule has 34 heavy (non-hydrogen) atoms. The van der Waals surface area contributed by atoms with Gasteiger partial charge in [0.15, 0.2) is 5.69 Å². The summed E-state index contributed by atoms with van der Waals surface area (Å²) in [7, 11) is 0. The summed E-state index contributed by atoms with van der Waals surface area (Å²) in [5, 5.41) is 14.3. The van der Waals surface area contributed by atoms with E-state index in [-0.39, 0.29) is 42.7 Å². The SMILES string of the molecule is CC(C)(C)OC(=O)N1CCO[C@@H](CNc2cc(Nc3cnc(C#N)cn3)ncc2C(F)(F)F)C1. The monoisotopic (exact) mass is 479 g/mol. The van der Waals surface area contributed by atoms with E-state index in [1.54, 1.807) is 20.8 Å². The van der Waals surface area contributed by atoms with Crippen LogP contribution in [0.5, 0.6) is 0 Å². The van der Waals surface area contributed by atoms with Gasteiger partial charge in [-0.3, -0.25) is 0 Å². The zero-order valence-electron chi connectivity index (χ0n) is 18.8. The standard InChI is InChI=1S/C21H24F3N7O3/c1-20(2,3)34-19(32)31-4-5-33-14(12-31)9-27-16-6-17(29-10-15(16)21(22,23)24)30-18-11-26-13(7-25)8-28-18/h6,8,10-11,14H,4-5,9,12H2,1-3H3,(H2,27,28,29,30)/t14-/m0/s1. The van der Waals surface area contributed by atoms with Crippen LogP contribution in [0.15, 0.2) is 24.7 Å². The first-order valence-corrected chi connectivity index (χ1v) is 10.3. The van der Waals surface area contributed by atoms with Gasteiger partial charge in [-0.25, -0.2) is 19.7 Å². The highest BCUT2D eigenvalue weighted by Crippen LogP contribution is 2.35. The molecule has 0 aliphatic carbocycles. The highest BCUT2D eigenvalue weighted by atomic mass is 19.4. The van der Waals surface area contributed by atoms with Gasteiger partial charge in [-0.1, -0.05) is 0 Å². The molecular weight excluding hydrogens is 455 g/mol. The third kappa shape index (κ3) is 6.92. The molecule has 182 valence electrons. The van der Waals surface area contributed by atoms with Gasteiger partial charge in [-0.15, -0.1) is 0 Å². The van der Waals surface area contributed by atoms with Crippen LogP contribution in [0, 0.1) is 11.3 Å². The number of hydrogen-bond acceptors (Lipinski definition) is 9. The summed E-state index contributed by atoms with van der Waals surface area (Å²) in [5.41, 5.74) is -1.74. The van der Waals surface area contributed by atoms with Gasteiger partial charge in [0.1, 0.15) is 23.3 Å². The van der Waals surface area contributed by atoms with Crippen molar-refractivity contribution < 1.29 is 27.4 Å². The van der Waals surface area contributed by atoms with E-state index >= 15 is 0 Å². The molecule has 3 rings (SSSR count). The van der Waals surface area contributed by atoms with Crippen molar-refractivity contribution >= 4 is 23.4 Å². The predicted octanol–water partition coefficient (Wildman–Crippen LogP) is 3.55. The van der Waals surface area contributed by atoms with Gasteiger partial charge in [0, 0.05) is 25.4 Å². The summed E-state index contributed by atoms with van der Waals surface area (Å²) < 4.78 is 51.6. The molecule has 1 aliphatic rings. The highest BCUT2D eigenvalue weighted by Gasteiger charge is 2.35. The number of rotatable bonds is 5. The fourth-order valence-corrected chi connectivity index (χ4v) is 3.04. The third-order valence-corrected chi connectivity index (χ3v) is 4.54. The Balaban J connectivity index is 1.71. The molecule has 10 nitrogen and oxygen atoms in total. The van der Waals surface area contributed by atoms with Crippen molar-refractivity contribution in [1.82, 2.24) is 19.9 Å². The Bertz CT molecular complexity index is 1050. The summed E-state index contributed by atoms with van der Waals surface area (Å²) in [5.74, 6) is 0.301. The second kappa shape index (κ2) is 10.1. The quantitative estimate of drug-likeness (QED) is 0.662. The lowest BCUT2D eigenvalue weighted by Crippen LogP contribution is -2.49. The van der Waals surface area contributed by atoms with Crippen LogP contribution in [0.1, 0.15) is 32.0 Å². The summed E-state index contributed by atoms with van der Waals surface area (Å²) in [6.07, 6.45) is -2.49. The maximum absolute atomic E-state index is 13.5. The Hall–Kier alpha value is -3.66. The first-order chi connectivity index (χ1) is 15.9. The average Bonchev–Trinajstić information content (AvgIpc) is 2.76. The number of anilines is 3. The number of nitriles is 1. The van der Waals surface area contributed by atoms with Crippen LogP contribution in [0.3, 0.4) is 0 Å². The van der Waals surface area contributed by atoms with Crippen LogP contribution < -0.4 is 10.6 Å². The molecule has 0 radical (unpaired) electrons. The van der Waals surface area contributed by atoms with Gasteiger partial charge in [0.05, 0.1) is 42.9 Å². The number of hydrogen-bond donors (Lipinski definition) is 2. The molecule has 1 amide bonds. The van der Waals surface area contributed by atoms with Crippen LogP contribution in [0.2, 0.25) is 0 Å². The molecule has 0 bridgehead atoms. The van der Waals surface area contributed by atoms with E-state index in [0.717, 1.165) is 0 Å². The Labute approximate surface area is 194 Å². The van der Waals surface area contributed by atoms with E-state index in [1.165, 1.54) is 23.4 Å². The van der Waals surface area contributed by atoms with E-state index < -0.39 is 29.5 Å². The van der Waals surface area contributed by atoms with Crippen LogP contribution in [0.25, 0.3) is 0 Å². The second-order valence-electron chi connectivity index (χ2n) is 8.44. The molecule has 0 spiro atoms. The molecule has 1 saturated heterocycles. The normalized spacial score (nSPS) is 16.5. The minimum atomic E-state index is -4.64. The summed E-state index contributed by atoms with van der Waals surface area (Å²) >= 11 is 0. The van der Waals surface area contributed by atoms with E-state index in [2.05, 4.69) is 25.6 Å². The molecule has 3 heterocycles. The van der Waals surface area contributed by atoms with Gasteiger partial charge in [0.2, 0.25) is 0 Å². The first kappa shape index (κ1) is 25.0. The van der Waals surface area contributed by atoms with Crippen molar-refractivity contribution in [2.45, 2.75) is 38.7 Å². The molecule has 0 unspecified atom stereocenters. The fraction of sp³-hybridized carbons (Fsp3) is 0.476. The number of halogens is 3. The number of amides is 1. The van der Waals surface area contributed by atoms with Crippen molar-refractivity contribution in [3.05, 3.63) is 35.9 Å². The van der Waals surface area contributed by atoms with Crippen molar-refractivity contribution in [3.63, 3.8) is 0 Å². The van der Waals surface area contributed by atoms with Crippen LogP contribution in [-0.4, -0.2) is 63.9 Å². The molecule has 2 N–H and O–H groups in total. The van der Waals surface area contributed by atoms with Crippen LogP contribution in [0.4, 0.5) is 35.3 Å². The van der Waals surface area contributed by atoms with Crippen molar-refractivity contribution in [1.29, 1.82) is 5.26 Å². The lowest BCUT2D eigenvalue weighted by atomic mass is 10.2. The van der Waals surface area contributed by atoms with E-state index in [0.29, 0.717) is 12.7 Å². The van der Waals surface area contributed by atoms with Gasteiger partial charge >= 0.3 is 12.3 Å². The average molecular weight is 479 g/mol. The van der Waals surface area contributed by atoms with E-state index in [1.807, 2.05) is 6.07 Å². The zero-order valence-corrected chi connectivity index (χ0v) is 18.8. The molecule has 13 heteroatoms. The van der Waals surface area contributed by atoms with Gasteiger partial charge < -0.3 is 25.0 Å². The Morgan fingerprint density at radius 2 is 1.97 bits per heavy atom. The number of morpholine rings is 1. The number of aromatic nitrogens is 3. The zero-order chi connectivity index (χ0) is 24.9. The molecule has 1 atom stereocenters. The predicted molar refractivity (Wildman–Crippen MR) is 115 cm³/mol. The minimum absolute atomic E-state index is 0.0164. The van der Waals surface area contributed by atoms with Gasteiger partial charge in [-0.05, 0) is 20.8 Å². The number of nitrogens with zero attached hydrogens (tertiary/aromatic N) is 5. The number of ether oxygens (including phenoxy) is 2. The summed E-state index contributed by atoms with van der Waals surface area (Å²) in [4.78, 5) is 25.4. The third-order valence-electron chi connectivity index (χ3n) is 4.54. The molecule has 0 aromatic carbocycles. The van der Waals surface area contributed by atoms with E-state index in [4.69, 9.17) is 14.7 Å². The molecular formula is C21H24F3N7O3. The van der Waals surface area contributed by atoms with Crippen molar-refractivity contribution in [3.8, 4) is 6.07 Å². The highest BCUT2D eigenvalue weighted by molar-refractivity contribution is 5.68. The maximum atomic E-state index is 13.5. The number of pyridine rings is 1. The molecule has 1 fully saturated rings. The Kier molecular flexibility index (Phi) is 7.41. The van der Waals surface area contributed by atoms with Gasteiger partial charge in [0.25, 0.3) is 0 Å². The molecule has 2 aromatic rings. The summed E-state index contributed by atoms with van der Waals surface area (Å²) in [6, 6.07) is 3.02. The Morgan fingerprint density at radius 1 is 1.24 bits per heavy atom. The molecule has 2 aromatic heterocycles. The van der Waals surface area contributed by atoms with Crippen LogP contribution >= 0.6 is 0 Å². The van der Waals surface area contributed by atoms with Crippen molar-refractivity contribution in [2.75, 3.05) is 36.9 Å². The van der Waals surface area contributed by atoms with E-state index in [9.17, 15) is 18.0 Å². The Morgan fingerprint density at radius 3 is 2.59 bits per heavy atom. The van der Waals surface area contributed by atoms with Gasteiger partial charge in [-0.2, -0.15) is 18.4 Å². The second-order valence-corrected chi connectivity index (χ2v) is 8.44. The molecule has 1 aliphatic heterocycles. The topological polar surface area (TPSA) is 125 Å². The number of nitrogens with one attached hydrogen (secondary N) is 2. The number of alkyl halides is 3. The van der Waals surface area contributed by atoms with Crippen molar-refractivity contribution in [2.24, 2.45) is 0 Å². The minimum Gasteiger partial charge on any atom is -0.444 e. The fourth-order valence-electron chi connectivity index (χ4n) is 3.04. The molecule has 0 saturated carbocycles. The largest absolute Gasteiger partial charge is 0.444 e. The smallest absolute Gasteiger partial charge is 0.419 e. The summed E-state index contributed by atoms with van der Waals surface area (Å²) in [6.45, 7) is 6.00. The first-order valence-electron chi connectivity index (χ1n) is 10.3. The lowest BCUT2D eigenvalue weighted by molar-refractivity contribution is -0.137. The lowest BCUT2D eigenvalue weighted by Gasteiger charge is -2.34. The maximum Gasteiger partial charge on any atom is 0.419 e. The number of carbonyl (C=O) groups is 1. The number of carbonyl (C=O) groups excluding carboxylic acids is 1. The van der Waals surface area contributed by atoms with Crippen LogP contribution in [-0.2, 0) is 15.7 Å².